The maximum Gasteiger partial charge on any atom is 0.119 e. The summed E-state index contributed by atoms with van der Waals surface area (Å²) >= 11 is 0. The van der Waals surface area contributed by atoms with Crippen molar-refractivity contribution in [1.82, 2.24) is 0 Å². The second kappa shape index (κ2) is 6.92. The van der Waals surface area contributed by atoms with Crippen LogP contribution in [0.4, 0.5) is 0 Å². The van der Waals surface area contributed by atoms with Gasteiger partial charge in [0.05, 0.1) is 19.3 Å². The molecule has 2 atom stereocenters. The van der Waals surface area contributed by atoms with Gasteiger partial charge in [0.15, 0.2) is 0 Å². The number of hydrogen-bond donors (Lipinski definition) is 1. The van der Waals surface area contributed by atoms with E-state index in [2.05, 4.69) is 6.07 Å². The van der Waals surface area contributed by atoms with E-state index in [0.717, 1.165) is 24.2 Å². The molecule has 2 unspecified atom stereocenters. The Bertz CT molecular complexity index is 386. The molecular weight excluding hydrogens is 238 g/mol. The van der Waals surface area contributed by atoms with E-state index in [4.69, 9.17) is 15.2 Å². The molecule has 1 fully saturated rings. The SMILES string of the molecule is COc1cccc(C(OC2CCCCC2)C(C)N)c1. The Kier molecular flexibility index (Phi) is 5.23. The van der Waals surface area contributed by atoms with E-state index < -0.39 is 0 Å². The highest BCUT2D eigenvalue weighted by molar-refractivity contribution is 5.30. The van der Waals surface area contributed by atoms with Crippen molar-refractivity contribution in [3.05, 3.63) is 29.8 Å². The normalized spacial score (nSPS) is 19.9. The molecule has 1 saturated carbocycles. The van der Waals surface area contributed by atoms with Crippen molar-refractivity contribution in [1.29, 1.82) is 0 Å². The maximum absolute atomic E-state index is 6.26. The molecule has 2 rings (SSSR count). The monoisotopic (exact) mass is 263 g/mol. The van der Waals surface area contributed by atoms with Crippen molar-refractivity contribution in [2.45, 2.75) is 57.3 Å². The zero-order valence-electron chi connectivity index (χ0n) is 12.0. The standard InChI is InChI=1S/C16H25NO2/c1-12(17)16(19-14-8-4-3-5-9-14)13-7-6-10-15(11-13)18-2/h6-7,10-12,14,16H,3-5,8-9,17H2,1-2H3. The van der Waals surface area contributed by atoms with Crippen LogP contribution in [0.25, 0.3) is 0 Å². The molecule has 0 aliphatic heterocycles. The molecule has 0 saturated heterocycles. The molecule has 1 aliphatic carbocycles. The van der Waals surface area contributed by atoms with Crippen LogP contribution in [0.15, 0.2) is 24.3 Å². The second-order valence-electron chi connectivity index (χ2n) is 5.45. The highest BCUT2D eigenvalue weighted by atomic mass is 16.5. The quantitative estimate of drug-likeness (QED) is 0.885. The van der Waals surface area contributed by atoms with Crippen molar-refractivity contribution in [2.24, 2.45) is 5.73 Å². The molecule has 1 aromatic rings. The van der Waals surface area contributed by atoms with Crippen LogP contribution in [-0.2, 0) is 4.74 Å². The highest BCUT2D eigenvalue weighted by Crippen LogP contribution is 2.30. The predicted octanol–water partition coefficient (Wildman–Crippen LogP) is 3.43. The van der Waals surface area contributed by atoms with Crippen molar-refractivity contribution in [3.63, 3.8) is 0 Å². The van der Waals surface area contributed by atoms with Crippen LogP contribution in [0.3, 0.4) is 0 Å². The van der Waals surface area contributed by atoms with Crippen LogP contribution in [0.2, 0.25) is 0 Å². The number of rotatable bonds is 5. The predicted molar refractivity (Wildman–Crippen MR) is 77.3 cm³/mol. The van der Waals surface area contributed by atoms with Gasteiger partial charge in [-0.05, 0) is 37.5 Å². The minimum Gasteiger partial charge on any atom is -0.497 e. The zero-order valence-corrected chi connectivity index (χ0v) is 12.0. The van der Waals surface area contributed by atoms with Gasteiger partial charge in [-0.25, -0.2) is 0 Å². The number of hydrogen-bond acceptors (Lipinski definition) is 3. The molecule has 0 aromatic heterocycles. The number of nitrogens with two attached hydrogens (primary N) is 1. The first-order valence-corrected chi connectivity index (χ1v) is 7.25. The summed E-state index contributed by atoms with van der Waals surface area (Å²) in [6, 6.07) is 8.01. The van der Waals surface area contributed by atoms with Crippen LogP contribution >= 0.6 is 0 Å². The minimum atomic E-state index is -0.0433. The van der Waals surface area contributed by atoms with Crippen molar-refractivity contribution in [3.8, 4) is 5.75 Å². The Morgan fingerprint density at radius 3 is 2.58 bits per heavy atom. The van der Waals surface area contributed by atoms with Crippen LogP contribution in [0.5, 0.6) is 5.75 Å². The topological polar surface area (TPSA) is 44.5 Å². The summed E-state index contributed by atoms with van der Waals surface area (Å²) in [5, 5.41) is 0. The molecule has 3 nitrogen and oxygen atoms in total. The molecule has 1 aliphatic rings. The van der Waals surface area contributed by atoms with E-state index in [1.165, 1.54) is 19.3 Å². The van der Waals surface area contributed by atoms with Crippen LogP contribution in [0, 0.1) is 0 Å². The molecule has 3 heteroatoms. The Labute approximate surface area is 116 Å². The first-order chi connectivity index (χ1) is 9.20. The average molecular weight is 263 g/mol. The van der Waals surface area contributed by atoms with E-state index in [-0.39, 0.29) is 12.1 Å². The fourth-order valence-electron chi connectivity index (χ4n) is 2.73. The Morgan fingerprint density at radius 1 is 1.21 bits per heavy atom. The van der Waals surface area contributed by atoms with E-state index in [9.17, 15) is 0 Å². The number of benzene rings is 1. The number of methoxy groups -OCH3 is 1. The van der Waals surface area contributed by atoms with E-state index in [0.29, 0.717) is 6.10 Å². The van der Waals surface area contributed by atoms with Crippen molar-refractivity contribution in [2.75, 3.05) is 7.11 Å². The summed E-state index contributed by atoms with van der Waals surface area (Å²) < 4.78 is 11.5. The van der Waals surface area contributed by atoms with E-state index in [1.807, 2.05) is 25.1 Å². The van der Waals surface area contributed by atoms with Crippen molar-refractivity contribution < 1.29 is 9.47 Å². The van der Waals surface area contributed by atoms with E-state index in [1.54, 1.807) is 7.11 Å². The van der Waals surface area contributed by atoms with Gasteiger partial charge in [-0.3, -0.25) is 0 Å². The molecule has 0 radical (unpaired) electrons. The average Bonchev–Trinajstić information content (AvgIpc) is 2.45. The molecule has 0 heterocycles. The van der Waals surface area contributed by atoms with Gasteiger partial charge in [0, 0.05) is 6.04 Å². The molecule has 0 spiro atoms. The highest BCUT2D eigenvalue weighted by Gasteiger charge is 2.23. The Balaban J connectivity index is 2.09. The number of ether oxygens (including phenoxy) is 2. The van der Waals surface area contributed by atoms with Gasteiger partial charge in [0.25, 0.3) is 0 Å². The summed E-state index contributed by atoms with van der Waals surface area (Å²) in [4.78, 5) is 0. The molecule has 19 heavy (non-hydrogen) atoms. The first-order valence-electron chi connectivity index (χ1n) is 7.25. The summed E-state index contributed by atoms with van der Waals surface area (Å²) in [5.74, 6) is 0.857. The molecule has 0 bridgehead atoms. The molecular formula is C16H25NO2. The lowest BCUT2D eigenvalue weighted by molar-refractivity contribution is -0.0407. The first kappa shape index (κ1) is 14.4. The van der Waals surface area contributed by atoms with Crippen LogP contribution in [-0.4, -0.2) is 19.3 Å². The lowest BCUT2D eigenvalue weighted by Crippen LogP contribution is -2.31. The van der Waals surface area contributed by atoms with Gasteiger partial charge in [-0.1, -0.05) is 31.4 Å². The summed E-state index contributed by atoms with van der Waals surface area (Å²) in [6.07, 6.45) is 6.51. The van der Waals surface area contributed by atoms with Gasteiger partial charge in [-0.15, -0.1) is 0 Å². The van der Waals surface area contributed by atoms with E-state index >= 15 is 0 Å². The third-order valence-electron chi connectivity index (χ3n) is 3.79. The fourth-order valence-corrected chi connectivity index (χ4v) is 2.73. The van der Waals surface area contributed by atoms with Gasteiger partial charge < -0.3 is 15.2 Å². The molecule has 106 valence electrons. The van der Waals surface area contributed by atoms with Crippen LogP contribution in [0.1, 0.15) is 50.7 Å². The Morgan fingerprint density at radius 2 is 1.95 bits per heavy atom. The zero-order chi connectivity index (χ0) is 13.7. The molecule has 2 N–H and O–H groups in total. The lowest BCUT2D eigenvalue weighted by Gasteiger charge is -2.30. The third-order valence-corrected chi connectivity index (χ3v) is 3.79. The van der Waals surface area contributed by atoms with Gasteiger partial charge in [0.1, 0.15) is 5.75 Å². The van der Waals surface area contributed by atoms with Gasteiger partial charge in [-0.2, -0.15) is 0 Å². The summed E-state index contributed by atoms with van der Waals surface area (Å²) in [5.41, 5.74) is 7.22. The molecule has 0 amide bonds. The Hall–Kier alpha value is -1.06. The summed E-state index contributed by atoms with van der Waals surface area (Å²) in [6.45, 7) is 2.01. The largest absolute Gasteiger partial charge is 0.497 e. The third kappa shape index (κ3) is 3.95. The second-order valence-corrected chi connectivity index (χ2v) is 5.45. The van der Waals surface area contributed by atoms with Gasteiger partial charge >= 0.3 is 0 Å². The summed E-state index contributed by atoms with van der Waals surface area (Å²) in [7, 11) is 1.68. The lowest BCUT2D eigenvalue weighted by atomic mass is 9.96. The van der Waals surface area contributed by atoms with Gasteiger partial charge in [0.2, 0.25) is 0 Å². The minimum absolute atomic E-state index is 0.0194. The molecule has 1 aromatic carbocycles. The smallest absolute Gasteiger partial charge is 0.119 e. The van der Waals surface area contributed by atoms with Crippen LogP contribution < -0.4 is 10.5 Å². The maximum atomic E-state index is 6.26. The fraction of sp³-hybridized carbons (Fsp3) is 0.625. The van der Waals surface area contributed by atoms with Crippen molar-refractivity contribution >= 4 is 0 Å².